The monoisotopic (exact) mass is 454 g/mol. The lowest BCUT2D eigenvalue weighted by molar-refractivity contribution is 0.0390. The van der Waals surface area contributed by atoms with Gasteiger partial charge < -0.3 is 9.64 Å². The minimum absolute atomic E-state index is 0.0980. The molecule has 0 radical (unpaired) electrons. The maximum atomic E-state index is 13.4. The highest BCUT2D eigenvalue weighted by atomic mass is 32.2. The highest BCUT2D eigenvalue weighted by Gasteiger charge is 2.37. The lowest BCUT2D eigenvalue weighted by atomic mass is 9.78. The van der Waals surface area contributed by atoms with E-state index >= 15 is 0 Å². The number of fused-ring (bicyclic) bond motifs is 2. The highest BCUT2D eigenvalue weighted by molar-refractivity contribution is 7.92. The average Bonchev–Trinajstić information content (AvgIpc) is 3.27. The van der Waals surface area contributed by atoms with Gasteiger partial charge >= 0.3 is 0 Å². The lowest BCUT2D eigenvalue weighted by Crippen LogP contribution is -2.49. The van der Waals surface area contributed by atoms with E-state index in [9.17, 15) is 13.2 Å². The molecule has 2 fully saturated rings. The summed E-state index contributed by atoms with van der Waals surface area (Å²) in [5, 5.41) is 0. The second kappa shape index (κ2) is 8.43. The van der Waals surface area contributed by atoms with E-state index in [-0.39, 0.29) is 10.8 Å². The van der Waals surface area contributed by atoms with Crippen molar-refractivity contribution in [3.05, 3.63) is 53.6 Å². The maximum Gasteiger partial charge on any atom is 0.264 e. The maximum absolute atomic E-state index is 13.4. The molecule has 0 N–H and O–H groups in total. The number of likely N-dealkylation sites (tertiary alicyclic amines) is 1. The van der Waals surface area contributed by atoms with Crippen molar-refractivity contribution in [1.29, 1.82) is 0 Å². The summed E-state index contributed by atoms with van der Waals surface area (Å²) in [4.78, 5) is 15.7. The summed E-state index contributed by atoms with van der Waals surface area (Å²) in [6.45, 7) is 1.21. The Morgan fingerprint density at radius 3 is 2.50 bits per heavy atom. The molecular formula is C25H30N2O4S. The Balaban J connectivity index is 1.39. The number of hydrogen-bond acceptors (Lipinski definition) is 4. The Morgan fingerprint density at radius 2 is 1.72 bits per heavy atom. The van der Waals surface area contributed by atoms with Crippen LogP contribution < -0.4 is 9.04 Å². The number of carbonyl (C=O) groups excluding carboxylic acids is 1. The fourth-order valence-electron chi connectivity index (χ4n) is 5.67. The predicted octanol–water partition coefficient (Wildman–Crippen LogP) is 4.24. The van der Waals surface area contributed by atoms with E-state index in [2.05, 4.69) is 4.90 Å². The van der Waals surface area contributed by atoms with Crippen LogP contribution in [-0.2, 0) is 16.4 Å². The molecule has 2 aromatic carbocycles. The van der Waals surface area contributed by atoms with E-state index in [1.54, 1.807) is 43.5 Å². The van der Waals surface area contributed by atoms with Crippen LogP contribution in [0.5, 0.6) is 5.75 Å². The molecule has 5 rings (SSSR count). The number of amides is 1. The minimum Gasteiger partial charge on any atom is -0.497 e. The van der Waals surface area contributed by atoms with Crippen molar-refractivity contribution >= 4 is 21.6 Å². The standard InChI is InChI=1S/C25H30N2O4S/c1-31-21-9-11-22(12-10-21)32(29,30)27-16-14-19-17-20(8-13-24(19)27)25(28)26-15-4-6-18-5-2-3-7-23(18)26/h8-13,17-18,23H,2-7,14-16H2,1H3/t18-,23-/m1/s1. The molecule has 1 saturated heterocycles. The zero-order chi connectivity index (χ0) is 22.3. The summed E-state index contributed by atoms with van der Waals surface area (Å²) in [7, 11) is -2.11. The van der Waals surface area contributed by atoms with Crippen LogP contribution in [0.4, 0.5) is 5.69 Å². The first-order chi connectivity index (χ1) is 15.5. The molecule has 0 bridgehead atoms. The Kier molecular flexibility index (Phi) is 5.61. The smallest absolute Gasteiger partial charge is 0.264 e. The predicted molar refractivity (Wildman–Crippen MR) is 124 cm³/mol. The highest BCUT2D eigenvalue weighted by Crippen LogP contribution is 2.37. The van der Waals surface area contributed by atoms with E-state index < -0.39 is 10.0 Å². The molecule has 32 heavy (non-hydrogen) atoms. The number of nitrogens with zero attached hydrogens (tertiary/aromatic N) is 2. The van der Waals surface area contributed by atoms with E-state index in [0.717, 1.165) is 24.9 Å². The van der Waals surface area contributed by atoms with Crippen LogP contribution in [-0.4, -0.2) is 45.5 Å². The van der Waals surface area contributed by atoms with Crippen molar-refractivity contribution < 1.29 is 17.9 Å². The topological polar surface area (TPSA) is 66.9 Å². The van der Waals surface area contributed by atoms with Crippen LogP contribution in [0.2, 0.25) is 0 Å². The van der Waals surface area contributed by atoms with Gasteiger partial charge in [0.05, 0.1) is 17.7 Å². The zero-order valence-electron chi connectivity index (χ0n) is 18.5. The van der Waals surface area contributed by atoms with Gasteiger partial charge in [-0.2, -0.15) is 0 Å². The number of benzene rings is 2. The summed E-state index contributed by atoms with van der Waals surface area (Å²) >= 11 is 0. The van der Waals surface area contributed by atoms with Gasteiger partial charge in [-0.3, -0.25) is 9.10 Å². The molecule has 2 aromatic rings. The molecule has 2 atom stereocenters. The molecule has 0 aromatic heterocycles. The molecule has 1 amide bonds. The third kappa shape index (κ3) is 3.66. The molecule has 1 saturated carbocycles. The van der Waals surface area contributed by atoms with Gasteiger partial charge in [0.15, 0.2) is 0 Å². The van der Waals surface area contributed by atoms with Crippen LogP contribution in [0.1, 0.15) is 54.4 Å². The third-order valence-electron chi connectivity index (χ3n) is 7.33. The van der Waals surface area contributed by atoms with Gasteiger partial charge in [0.25, 0.3) is 15.9 Å². The van der Waals surface area contributed by atoms with Crippen molar-refractivity contribution in [1.82, 2.24) is 4.90 Å². The largest absolute Gasteiger partial charge is 0.497 e. The first-order valence-electron chi connectivity index (χ1n) is 11.6. The van der Waals surface area contributed by atoms with Crippen LogP contribution in [0.25, 0.3) is 0 Å². The summed E-state index contributed by atoms with van der Waals surface area (Å²) in [6.07, 6.45) is 7.74. The van der Waals surface area contributed by atoms with Crippen molar-refractivity contribution in [2.24, 2.45) is 5.92 Å². The summed E-state index contributed by atoms with van der Waals surface area (Å²) in [6, 6.07) is 12.3. The molecule has 170 valence electrons. The van der Waals surface area contributed by atoms with E-state index in [0.29, 0.717) is 41.9 Å². The lowest BCUT2D eigenvalue weighted by Gasteiger charge is -2.44. The van der Waals surface area contributed by atoms with Crippen LogP contribution in [0, 0.1) is 5.92 Å². The quantitative estimate of drug-likeness (QED) is 0.693. The number of methoxy groups -OCH3 is 1. The SMILES string of the molecule is COc1ccc(S(=O)(=O)N2CCc3cc(C(=O)N4CCC[C@H]5CCCC[C@H]54)ccc32)cc1. The zero-order valence-corrected chi connectivity index (χ0v) is 19.3. The summed E-state index contributed by atoms with van der Waals surface area (Å²) in [5.41, 5.74) is 2.27. The first kappa shape index (κ1) is 21.3. The van der Waals surface area contributed by atoms with Gasteiger partial charge in [-0.05, 0) is 86.1 Å². The van der Waals surface area contributed by atoms with Crippen molar-refractivity contribution in [2.75, 3.05) is 24.5 Å². The molecular weight excluding hydrogens is 424 g/mol. The van der Waals surface area contributed by atoms with Gasteiger partial charge in [0, 0.05) is 24.7 Å². The normalized spacial score (nSPS) is 22.9. The molecule has 1 aliphatic carbocycles. The number of hydrogen-bond donors (Lipinski definition) is 0. The molecule has 7 heteroatoms. The second-order valence-corrected chi connectivity index (χ2v) is 11.0. The van der Waals surface area contributed by atoms with Gasteiger partial charge in [-0.25, -0.2) is 8.42 Å². The van der Waals surface area contributed by atoms with Crippen molar-refractivity contribution in [3.63, 3.8) is 0 Å². The Bertz CT molecular complexity index is 1110. The van der Waals surface area contributed by atoms with Gasteiger partial charge in [-0.15, -0.1) is 0 Å². The number of ether oxygens (including phenoxy) is 1. The molecule has 2 heterocycles. The summed E-state index contributed by atoms with van der Waals surface area (Å²) < 4.78 is 33.1. The first-order valence-corrected chi connectivity index (χ1v) is 13.0. The van der Waals surface area contributed by atoms with Crippen LogP contribution >= 0.6 is 0 Å². The number of piperidine rings is 1. The van der Waals surface area contributed by atoms with Crippen molar-refractivity contribution in [2.45, 2.75) is 55.9 Å². The second-order valence-electron chi connectivity index (χ2n) is 9.10. The average molecular weight is 455 g/mol. The van der Waals surface area contributed by atoms with Crippen LogP contribution in [0.3, 0.4) is 0 Å². The molecule has 0 unspecified atom stereocenters. The Morgan fingerprint density at radius 1 is 0.969 bits per heavy atom. The fraction of sp³-hybridized carbons (Fsp3) is 0.480. The van der Waals surface area contributed by atoms with Gasteiger partial charge in [0.2, 0.25) is 0 Å². The Labute approximate surface area is 190 Å². The number of anilines is 1. The van der Waals surface area contributed by atoms with E-state index in [1.165, 1.54) is 30.0 Å². The van der Waals surface area contributed by atoms with E-state index in [1.807, 2.05) is 6.07 Å². The number of carbonyl (C=O) groups is 1. The molecule has 2 aliphatic heterocycles. The fourth-order valence-corrected chi connectivity index (χ4v) is 7.18. The number of rotatable bonds is 4. The minimum atomic E-state index is -3.66. The summed E-state index contributed by atoms with van der Waals surface area (Å²) in [5.74, 6) is 1.36. The molecule has 6 nitrogen and oxygen atoms in total. The van der Waals surface area contributed by atoms with Gasteiger partial charge in [0.1, 0.15) is 5.75 Å². The van der Waals surface area contributed by atoms with E-state index in [4.69, 9.17) is 4.74 Å². The molecule has 0 spiro atoms. The third-order valence-corrected chi connectivity index (χ3v) is 9.16. The Hall–Kier alpha value is -2.54. The number of sulfonamides is 1. The van der Waals surface area contributed by atoms with Crippen molar-refractivity contribution in [3.8, 4) is 5.75 Å². The van der Waals surface area contributed by atoms with Crippen LogP contribution in [0.15, 0.2) is 47.4 Å². The molecule has 3 aliphatic rings. The van der Waals surface area contributed by atoms with Gasteiger partial charge in [-0.1, -0.05) is 12.8 Å².